The number of carbonyl (C=O) groups is 3. The molecule has 7 nitrogen and oxygen atoms in total. The van der Waals surface area contributed by atoms with Gasteiger partial charge >= 0.3 is 0 Å². The fraction of sp³-hybridized carbons (Fsp3) is 0.471. The Bertz CT molecular complexity index is 775. The summed E-state index contributed by atoms with van der Waals surface area (Å²) >= 11 is 0. The first-order chi connectivity index (χ1) is 11.9. The molecule has 25 heavy (non-hydrogen) atoms. The van der Waals surface area contributed by atoms with Crippen molar-refractivity contribution in [2.75, 3.05) is 18.8 Å². The van der Waals surface area contributed by atoms with Gasteiger partial charge in [0.05, 0.1) is 16.9 Å². The quantitative estimate of drug-likeness (QED) is 0.767. The number of amides is 3. The van der Waals surface area contributed by atoms with Crippen molar-refractivity contribution in [2.45, 2.75) is 24.5 Å². The number of sulfone groups is 1. The normalized spacial score (nSPS) is 24.5. The van der Waals surface area contributed by atoms with Crippen LogP contribution in [0.2, 0.25) is 0 Å². The van der Waals surface area contributed by atoms with Gasteiger partial charge in [0.1, 0.15) is 0 Å². The highest BCUT2D eigenvalue weighted by molar-refractivity contribution is 7.91. The molecule has 2 fully saturated rings. The predicted molar refractivity (Wildman–Crippen MR) is 90.0 cm³/mol. The van der Waals surface area contributed by atoms with Crippen molar-refractivity contribution in [3.63, 3.8) is 0 Å². The number of benzene rings is 1. The monoisotopic (exact) mass is 364 g/mol. The van der Waals surface area contributed by atoms with Crippen LogP contribution in [-0.4, -0.2) is 49.9 Å². The van der Waals surface area contributed by atoms with Crippen LogP contribution in [0.4, 0.5) is 0 Å². The maximum absolute atomic E-state index is 12.7. The van der Waals surface area contributed by atoms with Crippen LogP contribution in [0.15, 0.2) is 30.3 Å². The second-order valence-corrected chi connectivity index (χ2v) is 8.76. The highest BCUT2D eigenvalue weighted by Crippen LogP contribution is 2.30. The minimum Gasteiger partial charge on any atom is -0.341 e. The first-order valence-electron chi connectivity index (χ1n) is 8.25. The predicted octanol–water partition coefficient (Wildman–Crippen LogP) is 0.428. The second-order valence-electron chi connectivity index (χ2n) is 6.46. The summed E-state index contributed by atoms with van der Waals surface area (Å²) in [5, 5.41) is 1.54. The number of piperidine rings is 1. The van der Waals surface area contributed by atoms with Gasteiger partial charge in [0.15, 0.2) is 9.84 Å². The first-order valence-corrected chi connectivity index (χ1v) is 9.96. The van der Waals surface area contributed by atoms with Gasteiger partial charge in [-0.1, -0.05) is 30.3 Å². The van der Waals surface area contributed by atoms with Gasteiger partial charge in [0, 0.05) is 25.9 Å². The molecule has 2 aliphatic rings. The van der Waals surface area contributed by atoms with Crippen molar-refractivity contribution in [3.8, 4) is 0 Å². The fourth-order valence-electron chi connectivity index (χ4n) is 3.42. The highest BCUT2D eigenvalue weighted by atomic mass is 32.2. The van der Waals surface area contributed by atoms with Gasteiger partial charge in [-0.3, -0.25) is 19.7 Å². The van der Waals surface area contributed by atoms with Gasteiger partial charge in [-0.2, -0.15) is 0 Å². The molecule has 134 valence electrons. The van der Waals surface area contributed by atoms with Gasteiger partial charge in [-0.05, 0) is 12.0 Å². The van der Waals surface area contributed by atoms with Crippen molar-refractivity contribution in [1.29, 1.82) is 0 Å². The molecule has 2 saturated heterocycles. The standard InChI is InChI=1S/C17H20N2O5S/c20-15-10-13(11-16(21)18-15)17(22)19-7-6-14(25(23,24)9-8-19)12-4-2-1-3-5-12/h1-5,13-14H,6-11H2,(H,18,20,21)/t14-/m1/s1. The minimum atomic E-state index is -3.37. The summed E-state index contributed by atoms with van der Waals surface area (Å²) in [5.74, 6) is -2.05. The van der Waals surface area contributed by atoms with E-state index in [1.165, 1.54) is 4.90 Å². The van der Waals surface area contributed by atoms with E-state index in [0.717, 1.165) is 5.56 Å². The Morgan fingerprint density at radius 1 is 1.04 bits per heavy atom. The molecule has 1 aromatic carbocycles. The Morgan fingerprint density at radius 3 is 2.32 bits per heavy atom. The third kappa shape index (κ3) is 3.89. The molecule has 0 aromatic heterocycles. The van der Waals surface area contributed by atoms with E-state index in [0.29, 0.717) is 13.0 Å². The zero-order chi connectivity index (χ0) is 18.0. The molecule has 3 amide bonds. The Morgan fingerprint density at radius 2 is 1.68 bits per heavy atom. The molecule has 1 aromatic rings. The van der Waals surface area contributed by atoms with Crippen molar-refractivity contribution >= 4 is 27.6 Å². The molecule has 0 radical (unpaired) electrons. The molecular formula is C17H20N2O5S. The summed E-state index contributed by atoms with van der Waals surface area (Å²) < 4.78 is 25.2. The van der Waals surface area contributed by atoms with Crippen LogP contribution in [0, 0.1) is 5.92 Å². The summed E-state index contributed by atoms with van der Waals surface area (Å²) in [6.45, 7) is 0.390. The van der Waals surface area contributed by atoms with Crippen LogP contribution in [-0.2, 0) is 24.2 Å². The van der Waals surface area contributed by atoms with Crippen LogP contribution in [0.25, 0.3) is 0 Å². The van der Waals surface area contributed by atoms with E-state index >= 15 is 0 Å². The molecule has 0 bridgehead atoms. The fourth-order valence-corrected chi connectivity index (χ4v) is 5.21. The number of nitrogens with zero attached hydrogens (tertiary/aromatic N) is 1. The van der Waals surface area contributed by atoms with Gasteiger partial charge in [0.2, 0.25) is 17.7 Å². The molecule has 0 spiro atoms. The second kappa shape index (κ2) is 6.95. The van der Waals surface area contributed by atoms with E-state index in [-0.39, 0.29) is 31.0 Å². The molecular weight excluding hydrogens is 344 g/mol. The molecule has 1 N–H and O–H groups in total. The summed E-state index contributed by atoms with van der Waals surface area (Å²) in [6, 6.07) is 8.98. The van der Waals surface area contributed by atoms with E-state index in [4.69, 9.17) is 0 Å². The molecule has 0 unspecified atom stereocenters. The third-order valence-corrected chi connectivity index (χ3v) is 6.84. The van der Waals surface area contributed by atoms with Crippen LogP contribution in [0.3, 0.4) is 0 Å². The number of hydrogen-bond donors (Lipinski definition) is 1. The lowest BCUT2D eigenvalue weighted by Gasteiger charge is -2.27. The van der Waals surface area contributed by atoms with Crippen molar-refractivity contribution in [2.24, 2.45) is 5.92 Å². The summed E-state index contributed by atoms with van der Waals surface area (Å²) in [7, 11) is -3.37. The topological polar surface area (TPSA) is 101 Å². The maximum Gasteiger partial charge on any atom is 0.227 e. The minimum absolute atomic E-state index is 0.0318. The van der Waals surface area contributed by atoms with Gasteiger partial charge < -0.3 is 4.90 Å². The highest BCUT2D eigenvalue weighted by Gasteiger charge is 2.37. The van der Waals surface area contributed by atoms with Crippen LogP contribution >= 0.6 is 0 Å². The number of hydrogen-bond acceptors (Lipinski definition) is 5. The maximum atomic E-state index is 12.7. The van der Waals surface area contributed by atoms with Gasteiger partial charge in [0.25, 0.3) is 0 Å². The van der Waals surface area contributed by atoms with Gasteiger partial charge in [-0.15, -0.1) is 0 Å². The lowest BCUT2D eigenvalue weighted by atomic mass is 9.95. The van der Waals surface area contributed by atoms with Crippen LogP contribution in [0.1, 0.15) is 30.1 Å². The number of rotatable bonds is 2. The molecule has 8 heteroatoms. The lowest BCUT2D eigenvalue weighted by Crippen LogP contribution is -2.46. The van der Waals surface area contributed by atoms with E-state index in [2.05, 4.69) is 5.32 Å². The van der Waals surface area contributed by atoms with Crippen LogP contribution in [0.5, 0.6) is 0 Å². The summed E-state index contributed by atoms with van der Waals surface area (Å²) in [5.41, 5.74) is 0.726. The Labute approximate surface area is 146 Å². The van der Waals surface area contributed by atoms with E-state index < -0.39 is 32.8 Å². The van der Waals surface area contributed by atoms with Crippen LogP contribution < -0.4 is 5.32 Å². The smallest absolute Gasteiger partial charge is 0.227 e. The van der Waals surface area contributed by atoms with Crippen molar-refractivity contribution in [3.05, 3.63) is 35.9 Å². The van der Waals surface area contributed by atoms with Crippen molar-refractivity contribution < 1.29 is 22.8 Å². The number of nitrogens with one attached hydrogen (secondary N) is 1. The zero-order valence-electron chi connectivity index (χ0n) is 13.7. The molecule has 2 aliphatic heterocycles. The van der Waals surface area contributed by atoms with Crippen molar-refractivity contribution in [1.82, 2.24) is 10.2 Å². The molecule has 2 heterocycles. The van der Waals surface area contributed by atoms with E-state index in [1.807, 2.05) is 6.07 Å². The largest absolute Gasteiger partial charge is 0.341 e. The molecule has 0 saturated carbocycles. The van der Waals surface area contributed by atoms with E-state index in [9.17, 15) is 22.8 Å². The zero-order valence-corrected chi connectivity index (χ0v) is 14.5. The molecule has 0 aliphatic carbocycles. The first kappa shape index (κ1) is 17.6. The number of carbonyl (C=O) groups excluding carboxylic acids is 3. The Balaban J connectivity index is 1.75. The average Bonchev–Trinajstić information content (AvgIpc) is 2.72. The summed E-state index contributed by atoms with van der Waals surface area (Å²) in [6.07, 6.45) is 0.247. The third-order valence-electron chi connectivity index (χ3n) is 4.72. The SMILES string of the molecule is O=C1CC(C(=O)N2CC[C@H](c3ccccc3)S(=O)(=O)CC2)CC(=O)N1. The average molecular weight is 364 g/mol. The number of imide groups is 1. The summed E-state index contributed by atoms with van der Waals surface area (Å²) in [4.78, 5) is 37.1. The molecule has 1 atom stereocenters. The molecule has 3 rings (SSSR count). The Hall–Kier alpha value is -2.22. The van der Waals surface area contributed by atoms with Gasteiger partial charge in [-0.25, -0.2) is 8.42 Å². The van der Waals surface area contributed by atoms with E-state index in [1.54, 1.807) is 24.3 Å². The Kier molecular flexibility index (Phi) is 4.89. The lowest BCUT2D eigenvalue weighted by molar-refractivity contribution is -0.145.